The van der Waals surface area contributed by atoms with E-state index in [-0.39, 0.29) is 17.8 Å². The second-order valence-electron chi connectivity index (χ2n) is 5.01. The van der Waals surface area contributed by atoms with E-state index in [1.165, 1.54) is 0 Å². The fourth-order valence-electron chi connectivity index (χ4n) is 2.46. The van der Waals surface area contributed by atoms with Gasteiger partial charge in [0.1, 0.15) is 0 Å². The lowest BCUT2D eigenvalue weighted by molar-refractivity contribution is 0.0201. The van der Waals surface area contributed by atoms with Crippen molar-refractivity contribution in [3.05, 3.63) is 18.7 Å². The van der Waals surface area contributed by atoms with E-state index in [1.807, 2.05) is 6.92 Å². The summed E-state index contributed by atoms with van der Waals surface area (Å²) in [5, 5.41) is 0. The van der Waals surface area contributed by atoms with Crippen molar-refractivity contribution in [3.8, 4) is 0 Å². The minimum absolute atomic E-state index is 0.119. The zero-order valence-electron chi connectivity index (χ0n) is 11.4. The van der Waals surface area contributed by atoms with E-state index in [2.05, 4.69) is 4.98 Å². The van der Waals surface area contributed by atoms with Gasteiger partial charge in [-0.1, -0.05) is 6.92 Å². The molecule has 1 aliphatic heterocycles. The van der Waals surface area contributed by atoms with Crippen molar-refractivity contribution in [2.75, 3.05) is 26.0 Å². The van der Waals surface area contributed by atoms with Gasteiger partial charge in [-0.05, 0) is 12.3 Å². The Bertz CT molecular complexity index is 486. The molecular weight excluding hydrogens is 266 g/mol. The van der Waals surface area contributed by atoms with Crippen molar-refractivity contribution in [1.82, 2.24) is 13.9 Å². The van der Waals surface area contributed by atoms with Crippen molar-refractivity contribution in [3.63, 3.8) is 0 Å². The molecule has 1 aliphatic rings. The maximum Gasteiger partial charge on any atom is 0.215 e. The van der Waals surface area contributed by atoms with Gasteiger partial charge >= 0.3 is 0 Å². The van der Waals surface area contributed by atoms with Crippen molar-refractivity contribution in [1.29, 1.82) is 0 Å². The van der Waals surface area contributed by atoms with Crippen LogP contribution in [0.4, 0.5) is 0 Å². The summed E-state index contributed by atoms with van der Waals surface area (Å²) in [5.74, 6) is 0.357. The van der Waals surface area contributed by atoms with Crippen LogP contribution in [0.25, 0.3) is 0 Å². The Morgan fingerprint density at radius 2 is 2.26 bits per heavy atom. The highest BCUT2D eigenvalue weighted by molar-refractivity contribution is 7.89. The minimum atomic E-state index is -3.19. The van der Waals surface area contributed by atoms with Crippen LogP contribution in [0.5, 0.6) is 0 Å². The molecule has 0 aliphatic carbocycles. The van der Waals surface area contributed by atoms with Crippen LogP contribution in [0.15, 0.2) is 18.7 Å². The average molecular weight is 287 g/mol. The summed E-state index contributed by atoms with van der Waals surface area (Å²) in [5.41, 5.74) is 0. The highest BCUT2D eigenvalue weighted by Crippen LogP contribution is 2.21. The molecular formula is C12H21N3O3S. The van der Waals surface area contributed by atoms with Gasteiger partial charge in [0, 0.05) is 39.1 Å². The molecule has 0 radical (unpaired) electrons. The minimum Gasteiger partial charge on any atom is -0.381 e. The highest BCUT2D eigenvalue weighted by Gasteiger charge is 2.32. The van der Waals surface area contributed by atoms with Crippen LogP contribution >= 0.6 is 0 Å². The predicted octanol–water partition coefficient (Wildman–Crippen LogP) is 0.570. The Balaban J connectivity index is 1.93. The van der Waals surface area contributed by atoms with Crippen LogP contribution in [0.1, 0.15) is 13.3 Å². The molecule has 0 N–H and O–H groups in total. The lowest BCUT2D eigenvalue weighted by Crippen LogP contribution is -2.46. The monoisotopic (exact) mass is 287 g/mol. The first-order chi connectivity index (χ1) is 9.03. The SMILES string of the molecule is COC1CCN(S(=O)(=O)CCn2ccnc2)CC1C. The number of aryl methyl sites for hydroxylation is 1. The maximum absolute atomic E-state index is 12.3. The lowest BCUT2D eigenvalue weighted by atomic mass is 9.98. The molecule has 0 amide bonds. The molecule has 2 heterocycles. The standard InChI is InChI=1S/C12H21N3O3S/c1-11-9-15(5-3-12(11)18-2)19(16,17)8-7-14-6-4-13-10-14/h4,6,10-12H,3,5,7-9H2,1-2H3. The van der Waals surface area contributed by atoms with Gasteiger partial charge in [-0.15, -0.1) is 0 Å². The van der Waals surface area contributed by atoms with E-state index in [4.69, 9.17) is 4.74 Å². The van der Waals surface area contributed by atoms with Crippen molar-refractivity contribution < 1.29 is 13.2 Å². The van der Waals surface area contributed by atoms with Crippen LogP contribution in [0, 0.1) is 5.92 Å². The Labute approximate surface area is 114 Å². The van der Waals surface area contributed by atoms with Crippen LogP contribution in [0.3, 0.4) is 0 Å². The number of imidazole rings is 1. The molecule has 0 saturated carbocycles. The zero-order valence-corrected chi connectivity index (χ0v) is 12.2. The number of nitrogens with zero attached hydrogens (tertiary/aromatic N) is 3. The number of hydrogen-bond donors (Lipinski definition) is 0. The quantitative estimate of drug-likeness (QED) is 0.794. The average Bonchev–Trinajstić information content (AvgIpc) is 2.89. The lowest BCUT2D eigenvalue weighted by Gasteiger charge is -2.35. The summed E-state index contributed by atoms with van der Waals surface area (Å²) in [6, 6.07) is 0. The Hall–Kier alpha value is -0.920. The van der Waals surface area contributed by atoms with E-state index in [1.54, 1.807) is 34.7 Å². The van der Waals surface area contributed by atoms with Crippen molar-refractivity contribution >= 4 is 10.0 Å². The number of hydrogen-bond acceptors (Lipinski definition) is 4. The number of methoxy groups -OCH3 is 1. The predicted molar refractivity (Wildman–Crippen MR) is 72.2 cm³/mol. The first-order valence-electron chi connectivity index (χ1n) is 6.49. The second-order valence-corrected chi connectivity index (χ2v) is 7.10. The first-order valence-corrected chi connectivity index (χ1v) is 8.10. The van der Waals surface area contributed by atoms with Gasteiger partial charge in [-0.3, -0.25) is 0 Å². The van der Waals surface area contributed by atoms with Crippen LogP contribution in [-0.2, 0) is 21.3 Å². The summed E-state index contributed by atoms with van der Waals surface area (Å²) < 4.78 is 33.3. The fourth-order valence-corrected chi connectivity index (χ4v) is 4.00. The highest BCUT2D eigenvalue weighted by atomic mass is 32.2. The van der Waals surface area contributed by atoms with Gasteiger partial charge in [0.25, 0.3) is 0 Å². The van der Waals surface area contributed by atoms with Gasteiger partial charge in [0.05, 0.1) is 18.2 Å². The molecule has 2 unspecified atom stereocenters. The molecule has 1 saturated heterocycles. The Kier molecular flexibility index (Phi) is 4.59. The fraction of sp³-hybridized carbons (Fsp3) is 0.750. The largest absolute Gasteiger partial charge is 0.381 e. The van der Waals surface area contributed by atoms with E-state index in [9.17, 15) is 8.42 Å². The molecule has 6 nitrogen and oxygen atoms in total. The summed E-state index contributed by atoms with van der Waals surface area (Å²) in [6.45, 7) is 3.58. The molecule has 2 atom stereocenters. The third-order valence-electron chi connectivity index (χ3n) is 3.65. The zero-order chi connectivity index (χ0) is 13.9. The second kappa shape index (κ2) is 6.02. The topological polar surface area (TPSA) is 64.4 Å². The van der Waals surface area contributed by atoms with Gasteiger partial charge < -0.3 is 9.30 Å². The molecule has 0 aromatic carbocycles. The Morgan fingerprint density at radius 1 is 1.47 bits per heavy atom. The molecule has 108 valence electrons. The van der Waals surface area contributed by atoms with Crippen LogP contribution < -0.4 is 0 Å². The van der Waals surface area contributed by atoms with Crippen molar-refractivity contribution in [2.45, 2.75) is 26.0 Å². The normalized spacial score (nSPS) is 25.6. The van der Waals surface area contributed by atoms with Gasteiger partial charge in [0.2, 0.25) is 10.0 Å². The number of piperidine rings is 1. The number of rotatable bonds is 5. The van der Waals surface area contributed by atoms with Gasteiger partial charge in [-0.2, -0.15) is 0 Å². The van der Waals surface area contributed by atoms with E-state index in [0.29, 0.717) is 19.6 Å². The number of ether oxygens (including phenoxy) is 1. The smallest absolute Gasteiger partial charge is 0.215 e. The third kappa shape index (κ3) is 3.55. The molecule has 7 heteroatoms. The van der Waals surface area contributed by atoms with E-state index >= 15 is 0 Å². The molecule has 0 spiro atoms. The molecule has 2 rings (SSSR count). The van der Waals surface area contributed by atoms with E-state index < -0.39 is 10.0 Å². The number of aromatic nitrogens is 2. The molecule has 1 aromatic heterocycles. The van der Waals surface area contributed by atoms with Gasteiger partial charge in [0.15, 0.2) is 0 Å². The van der Waals surface area contributed by atoms with Crippen LogP contribution in [0.2, 0.25) is 0 Å². The molecule has 19 heavy (non-hydrogen) atoms. The summed E-state index contributed by atoms with van der Waals surface area (Å²) in [6.07, 6.45) is 5.99. The summed E-state index contributed by atoms with van der Waals surface area (Å²) >= 11 is 0. The first kappa shape index (κ1) is 14.5. The summed E-state index contributed by atoms with van der Waals surface area (Å²) in [4.78, 5) is 3.91. The Morgan fingerprint density at radius 3 is 2.84 bits per heavy atom. The summed E-state index contributed by atoms with van der Waals surface area (Å²) in [7, 11) is -1.51. The molecule has 0 bridgehead atoms. The molecule has 1 aromatic rings. The third-order valence-corrected chi connectivity index (χ3v) is 5.47. The maximum atomic E-state index is 12.3. The van der Waals surface area contributed by atoms with Crippen LogP contribution in [-0.4, -0.2) is 54.3 Å². The van der Waals surface area contributed by atoms with E-state index in [0.717, 1.165) is 6.42 Å². The van der Waals surface area contributed by atoms with Gasteiger partial charge in [-0.25, -0.2) is 17.7 Å². The molecule has 1 fully saturated rings. The van der Waals surface area contributed by atoms with Crippen molar-refractivity contribution in [2.24, 2.45) is 5.92 Å². The number of sulfonamides is 1.